The molecule has 260 valence electrons. The van der Waals surface area contributed by atoms with Gasteiger partial charge in [0.25, 0.3) is 0 Å². The van der Waals surface area contributed by atoms with E-state index in [-0.39, 0.29) is 30.1 Å². The average Bonchev–Trinajstić information content (AvgIpc) is 2.97. The standard InChI is InChI=1S/C36H68O8/c1-4-6-14-20-27-28(21-15-7-5-2)34(41)35(42)29(22-16-10-8-9-11-19-25-32(39)40)33(27)30(36(43)44)23-17-12-13-18-24-31(38)26(3)37/h26-31,33-35,37-38,41-42H,4-25H2,1-3H3,(H,39,40)(H,43,44). The van der Waals surface area contributed by atoms with Gasteiger partial charge in [-0.2, -0.15) is 0 Å². The maximum atomic E-state index is 12.9. The van der Waals surface area contributed by atoms with Crippen LogP contribution in [0.25, 0.3) is 0 Å². The average molecular weight is 629 g/mol. The smallest absolute Gasteiger partial charge is 0.306 e. The predicted octanol–water partition coefficient (Wildman–Crippen LogP) is 7.34. The molecule has 1 fully saturated rings. The summed E-state index contributed by atoms with van der Waals surface area (Å²) in [7, 11) is 0. The van der Waals surface area contributed by atoms with Crippen LogP contribution in [-0.2, 0) is 9.59 Å². The quantitative estimate of drug-likeness (QED) is 0.0516. The van der Waals surface area contributed by atoms with E-state index in [1.807, 2.05) is 0 Å². The molecule has 0 amide bonds. The fourth-order valence-corrected chi connectivity index (χ4v) is 7.76. The van der Waals surface area contributed by atoms with Gasteiger partial charge in [0.2, 0.25) is 0 Å². The van der Waals surface area contributed by atoms with Gasteiger partial charge in [-0.05, 0) is 69.1 Å². The third-order valence-electron chi connectivity index (χ3n) is 10.3. The minimum absolute atomic E-state index is 0.0695. The van der Waals surface area contributed by atoms with Crippen molar-refractivity contribution in [3.05, 3.63) is 0 Å². The van der Waals surface area contributed by atoms with Crippen molar-refractivity contribution in [2.45, 2.75) is 186 Å². The number of unbranched alkanes of at least 4 members (excludes halogenated alkanes) is 12. The number of aliphatic hydroxyl groups is 4. The Balaban J connectivity index is 3.07. The number of carboxylic acid groups (broad SMARTS) is 2. The molecule has 0 aliphatic heterocycles. The van der Waals surface area contributed by atoms with Gasteiger partial charge in [0, 0.05) is 6.42 Å². The van der Waals surface area contributed by atoms with E-state index in [0.29, 0.717) is 25.7 Å². The molecule has 8 heteroatoms. The minimum Gasteiger partial charge on any atom is -0.481 e. The second-order valence-corrected chi connectivity index (χ2v) is 13.8. The molecular formula is C36H68O8. The van der Waals surface area contributed by atoms with E-state index in [2.05, 4.69) is 13.8 Å². The molecule has 0 saturated heterocycles. The first-order chi connectivity index (χ1) is 21.1. The summed E-state index contributed by atoms with van der Waals surface area (Å²) in [5.74, 6) is -2.57. The molecule has 44 heavy (non-hydrogen) atoms. The van der Waals surface area contributed by atoms with Crippen molar-refractivity contribution in [2.75, 3.05) is 0 Å². The molecule has 0 aromatic carbocycles. The van der Waals surface area contributed by atoms with Gasteiger partial charge in [0.15, 0.2) is 0 Å². The summed E-state index contributed by atoms with van der Waals surface area (Å²) in [6.07, 6.45) is 15.4. The van der Waals surface area contributed by atoms with Crippen LogP contribution in [0.15, 0.2) is 0 Å². The topological polar surface area (TPSA) is 156 Å². The maximum absolute atomic E-state index is 12.9. The zero-order valence-electron chi connectivity index (χ0n) is 28.3. The Morgan fingerprint density at radius 2 is 1.05 bits per heavy atom. The molecule has 9 unspecified atom stereocenters. The molecule has 0 heterocycles. The molecule has 1 aliphatic carbocycles. The molecule has 0 radical (unpaired) electrons. The van der Waals surface area contributed by atoms with E-state index >= 15 is 0 Å². The number of hydrogen-bond acceptors (Lipinski definition) is 6. The fraction of sp³-hybridized carbons (Fsp3) is 0.944. The summed E-state index contributed by atoms with van der Waals surface area (Å²) in [4.78, 5) is 23.7. The highest BCUT2D eigenvalue weighted by molar-refractivity contribution is 5.70. The molecular weight excluding hydrogens is 560 g/mol. The summed E-state index contributed by atoms with van der Waals surface area (Å²) in [5, 5.41) is 61.9. The van der Waals surface area contributed by atoms with E-state index in [1.165, 1.54) is 0 Å². The van der Waals surface area contributed by atoms with Gasteiger partial charge in [0.05, 0.1) is 30.3 Å². The Morgan fingerprint density at radius 1 is 0.591 bits per heavy atom. The lowest BCUT2D eigenvalue weighted by molar-refractivity contribution is -0.166. The third kappa shape index (κ3) is 15.4. The van der Waals surface area contributed by atoms with Gasteiger partial charge < -0.3 is 30.6 Å². The first-order valence-electron chi connectivity index (χ1n) is 18.2. The lowest BCUT2D eigenvalue weighted by Gasteiger charge is -2.51. The number of rotatable bonds is 27. The van der Waals surface area contributed by atoms with Gasteiger partial charge in [-0.3, -0.25) is 9.59 Å². The van der Waals surface area contributed by atoms with Crippen molar-refractivity contribution in [3.63, 3.8) is 0 Å². The second kappa shape index (κ2) is 24.0. The SMILES string of the molecule is CCCCCC1C(O)C(O)C(CCCCCCCCC(=O)O)C(C(CCCCCCC(O)C(C)O)C(=O)O)C1CCCCC. The monoisotopic (exact) mass is 628 g/mol. The molecule has 0 aromatic rings. The van der Waals surface area contributed by atoms with E-state index in [9.17, 15) is 35.1 Å². The highest BCUT2D eigenvalue weighted by Gasteiger charge is 2.52. The molecule has 6 N–H and O–H groups in total. The Morgan fingerprint density at radius 3 is 1.59 bits per heavy atom. The van der Waals surface area contributed by atoms with Crippen LogP contribution in [0.1, 0.15) is 162 Å². The summed E-state index contributed by atoms with van der Waals surface area (Å²) in [6, 6.07) is 0. The fourth-order valence-electron chi connectivity index (χ4n) is 7.76. The van der Waals surface area contributed by atoms with Crippen LogP contribution in [0.2, 0.25) is 0 Å². The number of carbonyl (C=O) groups is 2. The van der Waals surface area contributed by atoms with Crippen LogP contribution in [0, 0.1) is 29.6 Å². The highest BCUT2D eigenvalue weighted by atomic mass is 16.4. The number of aliphatic hydroxyl groups excluding tert-OH is 4. The van der Waals surface area contributed by atoms with Crippen LogP contribution in [-0.4, -0.2) is 67.0 Å². The van der Waals surface area contributed by atoms with E-state index in [1.54, 1.807) is 6.92 Å². The first-order valence-corrected chi connectivity index (χ1v) is 18.2. The lowest BCUT2D eigenvalue weighted by atomic mass is 9.56. The molecule has 1 aliphatic rings. The molecule has 8 nitrogen and oxygen atoms in total. The lowest BCUT2D eigenvalue weighted by Crippen LogP contribution is -2.55. The van der Waals surface area contributed by atoms with Crippen LogP contribution in [0.3, 0.4) is 0 Å². The van der Waals surface area contributed by atoms with Gasteiger partial charge in [-0.15, -0.1) is 0 Å². The van der Waals surface area contributed by atoms with Crippen LogP contribution >= 0.6 is 0 Å². The van der Waals surface area contributed by atoms with Crippen molar-refractivity contribution in [1.82, 2.24) is 0 Å². The summed E-state index contributed by atoms with van der Waals surface area (Å²) < 4.78 is 0. The number of carboxylic acids is 2. The molecule has 1 rings (SSSR count). The predicted molar refractivity (Wildman–Crippen MR) is 175 cm³/mol. The van der Waals surface area contributed by atoms with Crippen LogP contribution in [0.4, 0.5) is 0 Å². The van der Waals surface area contributed by atoms with E-state index < -0.39 is 42.3 Å². The zero-order valence-corrected chi connectivity index (χ0v) is 28.3. The largest absolute Gasteiger partial charge is 0.481 e. The minimum atomic E-state index is -0.923. The maximum Gasteiger partial charge on any atom is 0.306 e. The van der Waals surface area contributed by atoms with Crippen LogP contribution < -0.4 is 0 Å². The van der Waals surface area contributed by atoms with Crippen molar-refractivity contribution in [3.8, 4) is 0 Å². The van der Waals surface area contributed by atoms with Gasteiger partial charge in [-0.1, -0.05) is 110 Å². The number of hydrogen-bond donors (Lipinski definition) is 6. The van der Waals surface area contributed by atoms with Crippen molar-refractivity contribution in [2.24, 2.45) is 29.6 Å². The second-order valence-electron chi connectivity index (χ2n) is 13.8. The molecule has 0 aromatic heterocycles. The van der Waals surface area contributed by atoms with Gasteiger partial charge >= 0.3 is 11.9 Å². The molecule has 9 atom stereocenters. The Bertz CT molecular complexity index is 744. The van der Waals surface area contributed by atoms with Gasteiger partial charge in [0.1, 0.15) is 0 Å². The first kappa shape index (κ1) is 40.8. The number of aliphatic carboxylic acids is 2. The van der Waals surface area contributed by atoms with E-state index in [4.69, 9.17) is 5.11 Å². The Hall–Kier alpha value is -1.22. The normalized spacial score (nSPS) is 25.9. The molecule has 0 bridgehead atoms. The summed E-state index contributed by atoms with van der Waals surface area (Å²) >= 11 is 0. The van der Waals surface area contributed by atoms with Crippen LogP contribution in [0.5, 0.6) is 0 Å². The third-order valence-corrected chi connectivity index (χ3v) is 10.3. The van der Waals surface area contributed by atoms with Crippen molar-refractivity contribution in [1.29, 1.82) is 0 Å². The Labute approximate surface area is 268 Å². The highest BCUT2D eigenvalue weighted by Crippen LogP contribution is 2.50. The van der Waals surface area contributed by atoms with Crippen molar-refractivity contribution < 1.29 is 40.2 Å². The zero-order chi connectivity index (χ0) is 32.9. The summed E-state index contributed by atoms with van der Waals surface area (Å²) in [6.45, 7) is 5.91. The molecule has 0 spiro atoms. The Kier molecular flexibility index (Phi) is 22.3. The molecule has 1 saturated carbocycles. The van der Waals surface area contributed by atoms with Crippen molar-refractivity contribution >= 4 is 11.9 Å². The summed E-state index contributed by atoms with van der Waals surface area (Å²) in [5.41, 5.74) is 0. The van der Waals surface area contributed by atoms with E-state index in [0.717, 1.165) is 109 Å². The van der Waals surface area contributed by atoms with Gasteiger partial charge in [-0.25, -0.2) is 0 Å².